The molecule has 0 aromatic heterocycles. The Kier molecular flexibility index (Phi) is 7.51. The lowest BCUT2D eigenvalue weighted by molar-refractivity contribution is -0.155. The molecule has 0 saturated heterocycles. The van der Waals surface area contributed by atoms with Crippen molar-refractivity contribution in [3.63, 3.8) is 0 Å². The highest BCUT2D eigenvalue weighted by molar-refractivity contribution is 6.35. The summed E-state index contributed by atoms with van der Waals surface area (Å²) in [5.41, 5.74) is 0.837. The molecule has 0 radical (unpaired) electrons. The maximum atomic E-state index is 12.3. The van der Waals surface area contributed by atoms with E-state index in [4.69, 9.17) is 32.7 Å². The fourth-order valence-corrected chi connectivity index (χ4v) is 2.44. The summed E-state index contributed by atoms with van der Waals surface area (Å²) < 4.78 is 10.8. The zero-order chi connectivity index (χ0) is 20.0. The number of ether oxygens (including phenoxy) is 2. The van der Waals surface area contributed by atoms with Crippen molar-refractivity contribution in [2.75, 3.05) is 5.32 Å². The van der Waals surface area contributed by atoms with Crippen LogP contribution >= 0.6 is 23.2 Å². The number of hydrogen-bond acceptors (Lipinski definition) is 4. The van der Waals surface area contributed by atoms with Crippen molar-refractivity contribution in [2.45, 2.75) is 39.4 Å². The summed E-state index contributed by atoms with van der Waals surface area (Å²) in [6.07, 6.45) is -0.171. The molecule has 5 nitrogen and oxygen atoms in total. The number of rotatable bonds is 7. The molecule has 0 aliphatic heterocycles. The average Bonchev–Trinajstić information content (AvgIpc) is 2.65. The number of benzene rings is 2. The van der Waals surface area contributed by atoms with Gasteiger partial charge in [-0.3, -0.25) is 4.79 Å². The van der Waals surface area contributed by atoms with E-state index in [9.17, 15) is 9.59 Å². The van der Waals surface area contributed by atoms with Crippen LogP contribution in [0.3, 0.4) is 0 Å². The molecule has 2 rings (SSSR count). The monoisotopic (exact) mass is 409 g/mol. The summed E-state index contributed by atoms with van der Waals surface area (Å²) in [6.45, 7) is 5.38. The Bertz CT molecular complexity index is 808. The van der Waals surface area contributed by atoms with Gasteiger partial charge in [-0.25, -0.2) is 4.79 Å². The first-order valence-corrected chi connectivity index (χ1v) is 9.29. The van der Waals surface area contributed by atoms with E-state index in [-0.39, 0.29) is 12.0 Å². The number of anilines is 1. The number of esters is 1. The fourth-order valence-electron chi connectivity index (χ4n) is 2.10. The molecule has 0 saturated carbocycles. The Hall–Kier alpha value is -2.24. The number of nitrogens with one attached hydrogen (secondary N) is 1. The minimum atomic E-state index is -0.746. The van der Waals surface area contributed by atoms with Gasteiger partial charge >= 0.3 is 5.97 Å². The highest BCUT2D eigenvalue weighted by Crippen LogP contribution is 2.26. The van der Waals surface area contributed by atoms with Crippen molar-refractivity contribution in [3.05, 3.63) is 58.1 Å². The Labute approximate surface area is 168 Å². The molecule has 0 heterocycles. The Morgan fingerprint density at radius 3 is 2.37 bits per heavy atom. The third kappa shape index (κ3) is 6.15. The van der Waals surface area contributed by atoms with Gasteiger partial charge in [-0.2, -0.15) is 0 Å². The quantitative estimate of drug-likeness (QED) is 0.625. The van der Waals surface area contributed by atoms with Crippen LogP contribution in [0.25, 0.3) is 0 Å². The number of hydrogen-bond donors (Lipinski definition) is 1. The van der Waals surface area contributed by atoms with E-state index < -0.39 is 12.1 Å². The Morgan fingerprint density at radius 2 is 1.74 bits per heavy atom. The van der Waals surface area contributed by atoms with Crippen LogP contribution in [0.15, 0.2) is 42.5 Å². The maximum Gasteiger partial charge on any atom is 0.347 e. The molecule has 1 N–H and O–H groups in total. The van der Waals surface area contributed by atoms with Crippen molar-refractivity contribution in [1.82, 2.24) is 0 Å². The van der Waals surface area contributed by atoms with Crippen LogP contribution in [-0.2, 0) is 9.53 Å². The summed E-state index contributed by atoms with van der Waals surface area (Å²) in [5, 5.41) is 3.56. The zero-order valence-electron chi connectivity index (χ0n) is 15.3. The van der Waals surface area contributed by atoms with Crippen LogP contribution in [0.5, 0.6) is 5.75 Å². The van der Waals surface area contributed by atoms with E-state index >= 15 is 0 Å². The normalized spacial score (nSPS) is 12.8. The van der Waals surface area contributed by atoms with E-state index in [2.05, 4.69) is 5.32 Å². The van der Waals surface area contributed by atoms with Crippen molar-refractivity contribution >= 4 is 40.8 Å². The van der Waals surface area contributed by atoms with Gasteiger partial charge in [0.15, 0.2) is 6.10 Å². The molecule has 0 aliphatic carbocycles. The number of carbonyl (C=O) groups excluding carboxylic acids is 2. The third-order valence-electron chi connectivity index (χ3n) is 3.83. The topological polar surface area (TPSA) is 64.6 Å². The lowest BCUT2D eigenvalue weighted by Gasteiger charge is -2.17. The van der Waals surface area contributed by atoms with Crippen LogP contribution in [-0.4, -0.2) is 24.1 Å². The van der Waals surface area contributed by atoms with Gasteiger partial charge in [0.2, 0.25) is 0 Å². The van der Waals surface area contributed by atoms with Crippen LogP contribution in [0.4, 0.5) is 5.69 Å². The molecule has 2 aromatic rings. The molecule has 0 aliphatic rings. The first-order valence-electron chi connectivity index (χ1n) is 8.53. The summed E-state index contributed by atoms with van der Waals surface area (Å²) in [5.74, 6) is -0.308. The largest absolute Gasteiger partial charge is 0.479 e. The predicted octanol–water partition coefficient (Wildman–Crippen LogP) is 5.35. The van der Waals surface area contributed by atoms with E-state index in [1.807, 2.05) is 13.8 Å². The van der Waals surface area contributed by atoms with Crippen LogP contribution in [0, 0.1) is 0 Å². The maximum absolute atomic E-state index is 12.3. The van der Waals surface area contributed by atoms with E-state index in [0.29, 0.717) is 27.0 Å². The standard InChI is InChI=1S/C20H21Cl2NO4/c1-4-12(2)26-20(25)13(3)27-16-8-5-14(6-9-16)19(24)23-18-11-15(21)7-10-17(18)22/h5-13H,4H2,1-3H3,(H,23,24)/t12-,13-/m1/s1. The van der Waals surface area contributed by atoms with Crippen molar-refractivity contribution in [2.24, 2.45) is 0 Å². The third-order valence-corrected chi connectivity index (χ3v) is 4.39. The average molecular weight is 410 g/mol. The van der Waals surface area contributed by atoms with Crippen LogP contribution < -0.4 is 10.1 Å². The number of halogens is 2. The van der Waals surface area contributed by atoms with Gasteiger partial charge in [0.25, 0.3) is 5.91 Å². The van der Waals surface area contributed by atoms with E-state index in [1.54, 1.807) is 49.4 Å². The second kappa shape index (κ2) is 9.62. The molecule has 27 heavy (non-hydrogen) atoms. The minimum Gasteiger partial charge on any atom is -0.479 e. The summed E-state index contributed by atoms with van der Waals surface area (Å²) in [7, 11) is 0. The lowest BCUT2D eigenvalue weighted by atomic mass is 10.2. The molecule has 0 bridgehead atoms. The highest BCUT2D eigenvalue weighted by atomic mass is 35.5. The first kappa shape index (κ1) is 21.1. The van der Waals surface area contributed by atoms with Gasteiger partial charge in [0.1, 0.15) is 5.75 Å². The Balaban J connectivity index is 1.99. The first-order chi connectivity index (χ1) is 12.8. The van der Waals surface area contributed by atoms with E-state index in [1.165, 1.54) is 0 Å². The lowest BCUT2D eigenvalue weighted by Crippen LogP contribution is -2.29. The minimum absolute atomic E-state index is 0.159. The van der Waals surface area contributed by atoms with Gasteiger partial charge in [-0.05, 0) is 62.7 Å². The van der Waals surface area contributed by atoms with Crippen LogP contribution in [0.1, 0.15) is 37.6 Å². The van der Waals surface area contributed by atoms with Gasteiger partial charge in [-0.1, -0.05) is 30.1 Å². The van der Waals surface area contributed by atoms with Gasteiger partial charge in [-0.15, -0.1) is 0 Å². The van der Waals surface area contributed by atoms with Gasteiger partial charge in [0.05, 0.1) is 16.8 Å². The molecular weight excluding hydrogens is 389 g/mol. The number of amides is 1. The van der Waals surface area contributed by atoms with Crippen molar-refractivity contribution < 1.29 is 19.1 Å². The zero-order valence-corrected chi connectivity index (χ0v) is 16.8. The predicted molar refractivity (Wildman–Crippen MR) is 107 cm³/mol. The molecule has 1 amide bonds. The van der Waals surface area contributed by atoms with Crippen molar-refractivity contribution in [3.8, 4) is 5.75 Å². The molecule has 2 aromatic carbocycles. The summed E-state index contributed by atoms with van der Waals surface area (Å²) >= 11 is 12.0. The molecule has 7 heteroatoms. The SMILES string of the molecule is CC[C@@H](C)OC(=O)[C@@H](C)Oc1ccc(C(=O)Nc2cc(Cl)ccc2Cl)cc1. The summed E-state index contributed by atoms with van der Waals surface area (Å²) in [6, 6.07) is 11.2. The highest BCUT2D eigenvalue weighted by Gasteiger charge is 2.18. The van der Waals surface area contributed by atoms with Gasteiger partial charge in [0, 0.05) is 10.6 Å². The molecule has 0 spiro atoms. The second-order valence-corrected chi connectivity index (χ2v) is 6.86. The van der Waals surface area contributed by atoms with Crippen LogP contribution in [0.2, 0.25) is 10.0 Å². The Morgan fingerprint density at radius 1 is 1.07 bits per heavy atom. The number of carbonyl (C=O) groups is 2. The van der Waals surface area contributed by atoms with Crippen molar-refractivity contribution in [1.29, 1.82) is 0 Å². The molecular formula is C20H21Cl2NO4. The molecule has 0 fully saturated rings. The molecule has 2 atom stereocenters. The second-order valence-electron chi connectivity index (χ2n) is 6.02. The van der Waals surface area contributed by atoms with E-state index in [0.717, 1.165) is 6.42 Å². The fraction of sp³-hybridized carbons (Fsp3) is 0.300. The van der Waals surface area contributed by atoms with Gasteiger partial charge < -0.3 is 14.8 Å². The smallest absolute Gasteiger partial charge is 0.347 e. The molecule has 144 valence electrons. The summed E-state index contributed by atoms with van der Waals surface area (Å²) in [4.78, 5) is 24.3. The molecule has 0 unspecified atom stereocenters.